The van der Waals surface area contributed by atoms with Crippen molar-refractivity contribution in [2.45, 2.75) is 13.0 Å². The molecule has 0 saturated carbocycles. The van der Waals surface area contributed by atoms with E-state index in [-0.39, 0.29) is 12.4 Å². The number of aliphatic hydroxyl groups excluding tert-OH is 1. The van der Waals surface area contributed by atoms with Crippen LogP contribution in [-0.4, -0.2) is 21.4 Å². The van der Waals surface area contributed by atoms with E-state index in [1.807, 2.05) is 0 Å². The van der Waals surface area contributed by atoms with Crippen LogP contribution < -0.4 is 4.74 Å². The van der Waals surface area contributed by atoms with Crippen molar-refractivity contribution in [3.05, 3.63) is 42.4 Å². The van der Waals surface area contributed by atoms with Gasteiger partial charge in [-0.25, -0.2) is 0 Å². The minimum Gasteiger partial charge on any atom is -0.406 e. The molecule has 2 rings (SSSR count). The number of rotatable bonds is 3. The van der Waals surface area contributed by atoms with Crippen molar-refractivity contribution in [2.24, 2.45) is 0 Å². The Morgan fingerprint density at radius 1 is 1.05 bits per heavy atom. The zero-order valence-corrected chi connectivity index (χ0v) is 9.55. The summed E-state index contributed by atoms with van der Waals surface area (Å²) >= 11 is 0. The van der Waals surface area contributed by atoms with Gasteiger partial charge in [0.15, 0.2) is 0 Å². The van der Waals surface area contributed by atoms with Gasteiger partial charge in [0.05, 0.1) is 30.4 Å². The van der Waals surface area contributed by atoms with Gasteiger partial charge < -0.3 is 9.84 Å². The van der Waals surface area contributed by atoms with E-state index in [2.05, 4.69) is 14.7 Å². The summed E-state index contributed by atoms with van der Waals surface area (Å²) in [5, 5.41) is 8.82. The summed E-state index contributed by atoms with van der Waals surface area (Å²) in [6.07, 6.45) is -1.87. The Morgan fingerprint density at radius 3 is 2.21 bits per heavy atom. The largest absolute Gasteiger partial charge is 0.573 e. The molecule has 0 radical (unpaired) electrons. The number of alkyl halides is 3. The highest BCUT2D eigenvalue weighted by Crippen LogP contribution is 2.25. The predicted octanol–water partition coefficient (Wildman–Crippen LogP) is 2.53. The van der Waals surface area contributed by atoms with Crippen molar-refractivity contribution in [3.8, 4) is 17.0 Å². The molecule has 7 heteroatoms. The SMILES string of the molecule is OCc1cnc(-c2ccc(OC(F)(F)F)cc2)cn1. The molecule has 2 aromatic rings. The van der Waals surface area contributed by atoms with E-state index in [4.69, 9.17) is 5.11 Å². The maximum atomic E-state index is 12.0. The molecule has 0 aliphatic carbocycles. The Kier molecular flexibility index (Phi) is 3.66. The van der Waals surface area contributed by atoms with Gasteiger partial charge in [-0.2, -0.15) is 0 Å². The van der Waals surface area contributed by atoms with Crippen LogP contribution in [-0.2, 0) is 6.61 Å². The van der Waals surface area contributed by atoms with Gasteiger partial charge in [0, 0.05) is 5.56 Å². The molecule has 0 spiro atoms. The lowest BCUT2D eigenvalue weighted by atomic mass is 10.1. The Balaban J connectivity index is 2.17. The van der Waals surface area contributed by atoms with Crippen LogP contribution in [0.4, 0.5) is 13.2 Å². The number of hydrogen-bond acceptors (Lipinski definition) is 4. The number of hydrogen-bond donors (Lipinski definition) is 1. The van der Waals surface area contributed by atoms with Crippen molar-refractivity contribution < 1.29 is 23.0 Å². The lowest BCUT2D eigenvalue weighted by Crippen LogP contribution is -2.16. The molecule has 100 valence electrons. The van der Waals surface area contributed by atoms with Gasteiger partial charge in [-0.05, 0) is 24.3 Å². The van der Waals surface area contributed by atoms with Gasteiger partial charge in [-0.15, -0.1) is 13.2 Å². The minimum atomic E-state index is -4.70. The van der Waals surface area contributed by atoms with Gasteiger partial charge in [0.25, 0.3) is 0 Å². The molecule has 1 aromatic heterocycles. The molecule has 0 aliphatic heterocycles. The van der Waals surface area contributed by atoms with Crippen LogP contribution >= 0.6 is 0 Å². The van der Waals surface area contributed by atoms with E-state index in [9.17, 15) is 13.2 Å². The van der Waals surface area contributed by atoms with E-state index >= 15 is 0 Å². The van der Waals surface area contributed by atoms with Gasteiger partial charge in [-0.3, -0.25) is 9.97 Å². The molecule has 0 atom stereocenters. The maximum absolute atomic E-state index is 12.0. The van der Waals surface area contributed by atoms with Crippen LogP contribution in [0.5, 0.6) is 5.75 Å². The number of aromatic nitrogens is 2. The number of ether oxygens (including phenoxy) is 1. The van der Waals surface area contributed by atoms with Gasteiger partial charge in [0.1, 0.15) is 5.75 Å². The molecule has 0 saturated heterocycles. The molecule has 0 unspecified atom stereocenters. The molecule has 1 aromatic carbocycles. The first-order valence-electron chi connectivity index (χ1n) is 5.26. The third kappa shape index (κ3) is 3.65. The smallest absolute Gasteiger partial charge is 0.406 e. The zero-order valence-electron chi connectivity index (χ0n) is 9.55. The highest BCUT2D eigenvalue weighted by Gasteiger charge is 2.30. The summed E-state index contributed by atoms with van der Waals surface area (Å²) in [6.45, 7) is -0.217. The molecule has 0 amide bonds. The molecule has 0 bridgehead atoms. The third-order valence-corrected chi connectivity index (χ3v) is 2.25. The zero-order chi connectivity index (χ0) is 13.9. The van der Waals surface area contributed by atoms with Crippen molar-refractivity contribution in [2.75, 3.05) is 0 Å². The van der Waals surface area contributed by atoms with Crippen LogP contribution in [0.3, 0.4) is 0 Å². The summed E-state index contributed by atoms with van der Waals surface area (Å²) in [6, 6.07) is 5.29. The lowest BCUT2D eigenvalue weighted by Gasteiger charge is -2.09. The van der Waals surface area contributed by atoms with E-state index in [1.54, 1.807) is 0 Å². The average Bonchev–Trinajstić information content (AvgIpc) is 2.38. The number of benzene rings is 1. The Bertz CT molecular complexity index is 538. The summed E-state index contributed by atoms with van der Waals surface area (Å²) in [5.74, 6) is -0.295. The van der Waals surface area contributed by atoms with Gasteiger partial charge in [-0.1, -0.05) is 0 Å². The summed E-state index contributed by atoms with van der Waals surface area (Å²) in [7, 11) is 0. The minimum absolute atomic E-state index is 0.217. The van der Waals surface area contributed by atoms with Crippen LogP contribution in [0.2, 0.25) is 0 Å². The fraction of sp³-hybridized carbons (Fsp3) is 0.167. The summed E-state index contributed by atoms with van der Waals surface area (Å²) in [4.78, 5) is 7.97. The molecule has 19 heavy (non-hydrogen) atoms. The highest BCUT2D eigenvalue weighted by atomic mass is 19.4. The van der Waals surface area contributed by atoms with E-state index in [0.717, 1.165) is 0 Å². The van der Waals surface area contributed by atoms with Crippen LogP contribution in [0, 0.1) is 0 Å². The second kappa shape index (κ2) is 5.23. The summed E-state index contributed by atoms with van der Waals surface area (Å²) < 4.78 is 39.7. The number of nitrogens with zero attached hydrogens (tertiary/aromatic N) is 2. The normalized spacial score (nSPS) is 11.4. The quantitative estimate of drug-likeness (QED) is 0.931. The first-order valence-corrected chi connectivity index (χ1v) is 5.26. The number of aliphatic hydroxyl groups is 1. The Labute approximate surface area is 106 Å². The number of halogens is 3. The standard InChI is InChI=1S/C12H9F3N2O2/c13-12(14,15)19-10-3-1-8(2-4-10)11-6-16-9(7-18)5-17-11/h1-6,18H,7H2. The van der Waals surface area contributed by atoms with Crippen molar-refractivity contribution >= 4 is 0 Å². The molecule has 0 aliphatic rings. The molecule has 1 heterocycles. The first kappa shape index (κ1) is 13.3. The Morgan fingerprint density at radius 2 is 1.74 bits per heavy atom. The maximum Gasteiger partial charge on any atom is 0.573 e. The Hall–Kier alpha value is -2.15. The van der Waals surface area contributed by atoms with Crippen LogP contribution in [0.15, 0.2) is 36.7 Å². The van der Waals surface area contributed by atoms with Crippen LogP contribution in [0.25, 0.3) is 11.3 Å². The molecule has 1 N–H and O–H groups in total. The third-order valence-electron chi connectivity index (χ3n) is 2.25. The summed E-state index contributed by atoms with van der Waals surface area (Å²) in [5.41, 5.74) is 1.52. The fourth-order valence-corrected chi connectivity index (χ4v) is 1.41. The van der Waals surface area contributed by atoms with E-state index in [1.165, 1.54) is 36.7 Å². The molecule has 4 nitrogen and oxygen atoms in total. The van der Waals surface area contributed by atoms with Gasteiger partial charge >= 0.3 is 6.36 Å². The first-order chi connectivity index (χ1) is 8.98. The van der Waals surface area contributed by atoms with Crippen molar-refractivity contribution in [1.29, 1.82) is 0 Å². The second-order valence-electron chi connectivity index (χ2n) is 3.62. The van der Waals surface area contributed by atoms with Crippen molar-refractivity contribution in [1.82, 2.24) is 9.97 Å². The average molecular weight is 270 g/mol. The molecule has 0 fully saturated rings. The molecular formula is C12H9F3N2O2. The lowest BCUT2D eigenvalue weighted by molar-refractivity contribution is -0.274. The van der Waals surface area contributed by atoms with Crippen molar-refractivity contribution in [3.63, 3.8) is 0 Å². The second-order valence-corrected chi connectivity index (χ2v) is 3.62. The van der Waals surface area contributed by atoms with Crippen LogP contribution in [0.1, 0.15) is 5.69 Å². The molecular weight excluding hydrogens is 261 g/mol. The van der Waals surface area contributed by atoms with Gasteiger partial charge in [0.2, 0.25) is 0 Å². The van der Waals surface area contributed by atoms with E-state index < -0.39 is 6.36 Å². The fourth-order valence-electron chi connectivity index (χ4n) is 1.41. The highest BCUT2D eigenvalue weighted by molar-refractivity contribution is 5.58. The topological polar surface area (TPSA) is 55.2 Å². The van der Waals surface area contributed by atoms with E-state index in [0.29, 0.717) is 17.0 Å². The predicted molar refractivity (Wildman–Crippen MR) is 60.1 cm³/mol. The monoisotopic (exact) mass is 270 g/mol.